The minimum absolute atomic E-state index is 0.0180. The van der Waals surface area contributed by atoms with Crippen LogP contribution in [0.25, 0.3) is 0 Å². The summed E-state index contributed by atoms with van der Waals surface area (Å²) in [5.41, 5.74) is 4.24. The maximum Gasteiger partial charge on any atom is 0.227 e. The fourth-order valence-electron chi connectivity index (χ4n) is 3.92. The number of benzene rings is 3. The Kier molecular flexibility index (Phi) is 9.22. The highest BCUT2D eigenvalue weighted by molar-refractivity contribution is 5.78. The molecule has 0 heterocycles. The van der Waals surface area contributed by atoms with Gasteiger partial charge in [-0.1, -0.05) is 60.7 Å². The number of carbonyl (C=O) groups excluding carboxylic acids is 1. The van der Waals surface area contributed by atoms with Crippen LogP contribution in [-0.4, -0.2) is 45.8 Å². The molecule has 0 saturated carbocycles. The van der Waals surface area contributed by atoms with Gasteiger partial charge in [-0.2, -0.15) is 0 Å². The number of nitrogens with one attached hydrogen (secondary N) is 1. The Morgan fingerprint density at radius 2 is 1.68 bits per heavy atom. The molecule has 6 heteroatoms. The summed E-state index contributed by atoms with van der Waals surface area (Å²) in [5, 5.41) is 32.8. The van der Waals surface area contributed by atoms with Gasteiger partial charge in [0.1, 0.15) is 5.75 Å². The zero-order valence-electron chi connectivity index (χ0n) is 19.8. The highest BCUT2D eigenvalue weighted by Gasteiger charge is 2.14. The molecule has 0 radical (unpaired) electrons. The molecule has 2 atom stereocenters. The van der Waals surface area contributed by atoms with Gasteiger partial charge in [-0.25, -0.2) is 0 Å². The molecule has 34 heavy (non-hydrogen) atoms. The normalized spacial score (nSPS) is 12.8. The summed E-state index contributed by atoms with van der Waals surface area (Å²) in [5.74, 6) is 0.0934. The Hall–Kier alpha value is -3.19. The smallest absolute Gasteiger partial charge is 0.227 e. The average Bonchev–Trinajstić information content (AvgIpc) is 2.83. The summed E-state index contributed by atoms with van der Waals surface area (Å²) >= 11 is 0. The first-order valence-corrected chi connectivity index (χ1v) is 11.6. The zero-order valence-corrected chi connectivity index (χ0v) is 19.8. The number of carbonyl (C=O) groups is 1. The maximum absolute atomic E-state index is 12.7. The van der Waals surface area contributed by atoms with Crippen molar-refractivity contribution in [3.05, 3.63) is 101 Å². The lowest BCUT2D eigenvalue weighted by atomic mass is 10.0. The van der Waals surface area contributed by atoms with Gasteiger partial charge in [-0.05, 0) is 47.7 Å². The minimum Gasteiger partial charge on any atom is -0.508 e. The molecule has 0 aliphatic heterocycles. The van der Waals surface area contributed by atoms with E-state index in [1.807, 2.05) is 62.5 Å². The highest BCUT2D eigenvalue weighted by Crippen LogP contribution is 2.22. The van der Waals surface area contributed by atoms with Crippen LogP contribution in [0.3, 0.4) is 0 Å². The molecule has 180 valence electrons. The van der Waals surface area contributed by atoms with Crippen LogP contribution in [0, 0.1) is 0 Å². The molecule has 0 aliphatic rings. The lowest BCUT2D eigenvalue weighted by Gasteiger charge is -2.19. The van der Waals surface area contributed by atoms with Gasteiger partial charge in [-0.3, -0.25) is 4.79 Å². The molecular formula is C28H34N2O4. The van der Waals surface area contributed by atoms with E-state index in [2.05, 4.69) is 11.4 Å². The summed E-state index contributed by atoms with van der Waals surface area (Å²) in [4.78, 5) is 14.4. The third-order valence-electron chi connectivity index (χ3n) is 5.90. The van der Waals surface area contributed by atoms with Crippen LogP contribution in [0.15, 0.2) is 72.8 Å². The summed E-state index contributed by atoms with van der Waals surface area (Å²) in [6.07, 6.45) is 0.357. The van der Waals surface area contributed by atoms with Gasteiger partial charge in [0.05, 0.1) is 19.1 Å². The Balaban J connectivity index is 1.50. The Morgan fingerprint density at radius 3 is 2.41 bits per heavy atom. The van der Waals surface area contributed by atoms with Crippen LogP contribution < -0.4 is 5.32 Å². The predicted octanol–water partition coefficient (Wildman–Crippen LogP) is 3.34. The van der Waals surface area contributed by atoms with Crippen molar-refractivity contribution in [3.63, 3.8) is 0 Å². The van der Waals surface area contributed by atoms with Crippen LogP contribution in [-0.2, 0) is 30.8 Å². The fraction of sp³-hybridized carbons (Fsp3) is 0.321. The molecule has 0 saturated heterocycles. The third kappa shape index (κ3) is 7.42. The Morgan fingerprint density at radius 1 is 0.971 bits per heavy atom. The number of aromatic hydroxyl groups is 1. The Bertz CT molecular complexity index is 1070. The van der Waals surface area contributed by atoms with Crippen molar-refractivity contribution in [1.29, 1.82) is 0 Å². The molecule has 3 rings (SSSR count). The van der Waals surface area contributed by atoms with E-state index in [0.717, 1.165) is 23.1 Å². The molecule has 4 N–H and O–H groups in total. The number of hydrogen-bond acceptors (Lipinski definition) is 5. The van der Waals surface area contributed by atoms with Crippen molar-refractivity contribution < 1.29 is 20.1 Å². The van der Waals surface area contributed by atoms with Gasteiger partial charge in [0.25, 0.3) is 0 Å². The van der Waals surface area contributed by atoms with Crippen LogP contribution >= 0.6 is 0 Å². The monoisotopic (exact) mass is 462 g/mol. The largest absolute Gasteiger partial charge is 0.508 e. The van der Waals surface area contributed by atoms with E-state index in [9.17, 15) is 20.1 Å². The number of phenols is 1. The van der Waals surface area contributed by atoms with E-state index in [4.69, 9.17) is 0 Å². The van der Waals surface area contributed by atoms with Crippen molar-refractivity contribution in [3.8, 4) is 5.75 Å². The summed E-state index contributed by atoms with van der Waals surface area (Å²) in [7, 11) is 1.83. The molecule has 0 aliphatic carbocycles. The van der Waals surface area contributed by atoms with E-state index in [1.54, 1.807) is 17.0 Å². The molecule has 3 aromatic rings. The summed E-state index contributed by atoms with van der Waals surface area (Å²) in [6, 6.07) is 22.9. The summed E-state index contributed by atoms with van der Waals surface area (Å²) in [6.45, 7) is 2.70. The second-order valence-corrected chi connectivity index (χ2v) is 8.81. The van der Waals surface area contributed by atoms with Gasteiger partial charge < -0.3 is 25.5 Å². The van der Waals surface area contributed by atoms with E-state index < -0.39 is 6.10 Å². The SMILES string of the molecule is C[C@H](Cc1cccc(CC(=O)N(C)Cc2ccccc2)c1)NC[C@@H](O)c1ccc(O)c(CO)c1. The van der Waals surface area contributed by atoms with E-state index in [0.29, 0.717) is 30.6 Å². The number of aliphatic hydroxyl groups is 2. The second-order valence-electron chi connectivity index (χ2n) is 8.81. The van der Waals surface area contributed by atoms with Gasteiger partial charge >= 0.3 is 0 Å². The summed E-state index contributed by atoms with van der Waals surface area (Å²) < 4.78 is 0. The number of amides is 1. The standard InChI is InChI=1S/C28H34N2O4/c1-20(29-17-27(33)24-11-12-26(32)25(16-24)19-31)13-22-9-6-10-23(14-22)15-28(34)30(2)18-21-7-4-3-5-8-21/h3-12,14,16,20,27,29,31-33H,13,15,17-19H2,1-2H3/t20-,27-/m1/s1. The predicted molar refractivity (Wildman–Crippen MR) is 133 cm³/mol. The first-order chi connectivity index (χ1) is 16.4. The van der Waals surface area contributed by atoms with E-state index in [1.165, 1.54) is 6.07 Å². The molecule has 6 nitrogen and oxygen atoms in total. The van der Waals surface area contributed by atoms with Crippen LogP contribution in [0.4, 0.5) is 0 Å². The molecule has 0 bridgehead atoms. The molecule has 0 unspecified atom stereocenters. The first kappa shape index (κ1) is 25.4. The van der Waals surface area contributed by atoms with Crippen molar-refractivity contribution in [2.24, 2.45) is 0 Å². The van der Waals surface area contributed by atoms with Crippen LogP contribution in [0.5, 0.6) is 5.75 Å². The van der Waals surface area contributed by atoms with Crippen LogP contribution in [0.1, 0.15) is 40.8 Å². The number of likely N-dealkylation sites (N-methyl/N-ethyl adjacent to an activating group) is 1. The molecule has 1 amide bonds. The van der Waals surface area contributed by atoms with Gasteiger partial charge in [0.15, 0.2) is 0 Å². The number of nitrogens with zero attached hydrogens (tertiary/aromatic N) is 1. The Labute approximate surface area is 201 Å². The molecule has 0 aromatic heterocycles. The van der Waals surface area contributed by atoms with E-state index >= 15 is 0 Å². The number of rotatable bonds is 11. The second kappa shape index (κ2) is 12.3. The van der Waals surface area contributed by atoms with E-state index in [-0.39, 0.29) is 24.3 Å². The maximum atomic E-state index is 12.7. The minimum atomic E-state index is -0.752. The van der Waals surface area contributed by atoms with Crippen molar-refractivity contribution in [2.45, 2.75) is 45.1 Å². The third-order valence-corrected chi connectivity index (χ3v) is 5.90. The molecule has 0 spiro atoms. The average molecular weight is 463 g/mol. The molecule has 3 aromatic carbocycles. The van der Waals surface area contributed by atoms with Crippen molar-refractivity contribution in [1.82, 2.24) is 10.2 Å². The van der Waals surface area contributed by atoms with Crippen molar-refractivity contribution >= 4 is 5.91 Å². The quantitative estimate of drug-likeness (QED) is 0.351. The lowest BCUT2D eigenvalue weighted by molar-refractivity contribution is -0.129. The lowest BCUT2D eigenvalue weighted by Crippen LogP contribution is -2.32. The topological polar surface area (TPSA) is 93.0 Å². The fourth-order valence-corrected chi connectivity index (χ4v) is 3.92. The van der Waals surface area contributed by atoms with Gasteiger partial charge in [0, 0.05) is 31.7 Å². The van der Waals surface area contributed by atoms with Crippen LogP contribution in [0.2, 0.25) is 0 Å². The highest BCUT2D eigenvalue weighted by atomic mass is 16.3. The first-order valence-electron chi connectivity index (χ1n) is 11.6. The number of aliphatic hydroxyl groups excluding tert-OH is 2. The van der Waals surface area contributed by atoms with Crippen molar-refractivity contribution in [2.75, 3.05) is 13.6 Å². The zero-order chi connectivity index (χ0) is 24.5. The molecular weight excluding hydrogens is 428 g/mol. The van der Waals surface area contributed by atoms with Gasteiger partial charge in [0.2, 0.25) is 5.91 Å². The molecule has 0 fully saturated rings. The van der Waals surface area contributed by atoms with Gasteiger partial charge in [-0.15, -0.1) is 0 Å². The number of hydrogen-bond donors (Lipinski definition) is 4.